The van der Waals surface area contributed by atoms with Crippen molar-refractivity contribution in [3.8, 4) is 0 Å². The van der Waals surface area contributed by atoms with Gasteiger partial charge in [-0.25, -0.2) is 0 Å². The molecule has 1 heterocycles. The maximum absolute atomic E-state index is 6.12. The monoisotopic (exact) mass is 260 g/mol. The third-order valence-corrected chi connectivity index (χ3v) is 4.02. The zero-order valence-electron chi connectivity index (χ0n) is 10.7. The number of benzene rings is 1. The van der Waals surface area contributed by atoms with Crippen molar-refractivity contribution >= 4 is 11.3 Å². The van der Waals surface area contributed by atoms with Crippen LogP contribution in [0.15, 0.2) is 41.8 Å². The second-order valence-corrected chi connectivity index (χ2v) is 5.61. The molecule has 0 fully saturated rings. The molecule has 3 heteroatoms. The zero-order valence-corrected chi connectivity index (χ0v) is 11.5. The van der Waals surface area contributed by atoms with Crippen molar-refractivity contribution in [1.82, 2.24) is 5.32 Å². The fraction of sp³-hybridized carbons (Fsp3) is 0.333. The van der Waals surface area contributed by atoms with Gasteiger partial charge >= 0.3 is 0 Å². The Balaban J connectivity index is 1.72. The van der Waals surface area contributed by atoms with Crippen LogP contribution in [-0.4, -0.2) is 12.6 Å². The minimum absolute atomic E-state index is 0.174. The van der Waals surface area contributed by atoms with Crippen LogP contribution in [0, 0.1) is 6.92 Å². The summed E-state index contributed by atoms with van der Waals surface area (Å²) in [6.45, 7) is 3.93. The molecular formula is C15H20N2S. The summed E-state index contributed by atoms with van der Waals surface area (Å²) < 4.78 is 0. The molecule has 0 amide bonds. The summed E-state index contributed by atoms with van der Waals surface area (Å²) in [5.74, 6) is 0. The van der Waals surface area contributed by atoms with E-state index >= 15 is 0 Å². The van der Waals surface area contributed by atoms with Gasteiger partial charge in [-0.3, -0.25) is 0 Å². The van der Waals surface area contributed by atoms with E-state index in [1.807, 2.05) is 6.07 Å². The van der Waals surface area contributed by atoms with Crippen molar-refractivity contribution in [2.75, 3.05) is 6.54 Å². The molecular weight excluding hydrogens is 240 g/mol. The minimum atomic E-state index is 0.174. The fourth-order valence-corrected chi connectivity index (χ4v) is 2.82. The summed E-state index contributed by atoms with van der Waals surface area (Å²) >= 11 is 1.80. The Hall–Kier alpha value is -1.16. The zero-order chi connectivity index (χ0) is 12.8. The molecule has 3 N–H and O–H groups in total. The van der Waals surface area contributed by atoms with E-state index in [9.17, 15) is 0 Å². The van der Waals surface area contributed by atoms with E-state index < -0.39 is 0 Å². The number of hydrogen-bond acceptors (Lipinski definition) is 3. The van der Waals surface area contributed by atoms with Crippen LogP contribution in [0.1, 0.15) is 16.0 Å². The van der Waals surface area contributed by atoms with Gasteiger partial charge in [-0.05, 0) is 35.9 Å². The first-order chi connectivity index (χ1) is 8.75. The van der Waals surface area contributed by atoms with Crippen LogP contribution in [0.5, 0.6) is 0 Å². The molecule has 18 heavy (non-hydrogen) atoms. The van der Waals surface area contributed by atoms with Gasteiger partial charge in [0.05, 0.1) is 0 Å². The van der Waals surface area contributed by atoms with Gasteiger partial charge < -0.3 is 11.1 Å². The molecule has 1 aromatic carbocycles. The van der Waals surface area contributed by atoms with Crippen molar-refractivity contribution in [3.05, 3.63) is 57.8 Å². The molecule has 0 saturated carbocycles. The average Bonchev–Trinajstić information content (AvgIpc) is 2.76. The lowest BCUT2D eigenvalue weighted by molar-refractivity contribution is 0.575. The Morgan fingerprint density at radius 3 is 2.67 bits per heavy atom. The molecule has 0 bridgehead atoms. The highest BCUT2D eigenvalue weighted by molar-refractivity contribution is 7.10. The number of thiophene rings is 1. The van der Waals surface area contributed by atoms with Gasteiger partial charge in [-0.2, -0.15) is 0 Å². The molecule has 2 rings (SSSR count). The van der Waals surface area contributed by atoms with E-state index in [0.29, 0.717) is 0 Å². The highest BCUT2D eigenvalue weighted by Gasteiger charge is 2.04. The summed E-state index contributed by atoms with van der Waals surface area (Å²) in [6, 6.07) is 12.7. The standard InChI is InChI=1S/C15H20N2S/c1-12-7-8-18-15(12)11-17-10-14(16)9-13-5-3-2-4-6-13/h2-8,14,17H,9-11,16H2,1H3. The third-order valence-electron chi connectivity index (χ3n) is 3.00. The third kappa shape index (κ3) is 3.95. The van der Waals surface area contributed by atoms with Gasteiger partial charge in [0.15, 0.2) is 0 Å². The molecule has 1 atom stereocenters. The van der Waals surface area contributed by atoms with Crippen molar-refractivity contribution in [2.24, 2.45) is 5.73 Å². The van der Waals surface area contributed by atoms with E-state index in [2.05, 4.69) is 48.0 Å². The van der Waals surface area contributed by atoms with Crippen LogP contribution < -0.4 is 11.1 Å². The number of nitrogens with one attached hydrogen (secondary N) is 1. The van der Waals surface area contributed by atoms with Gasteiger partial charge in [0.1, 0.15) is 0 Å². The first kappa shape index (κ1) is 13.3. The van der Waals surface area contributed by atoms with Gasteiger partial charge in [-0.15, -0.1) is 11.3 Å². The maximum atomic E-state index is 6.12. The molecule has 0 aliphatic heterocycles. The maximum Gasteiger partial charge on any atom is 0.0303 e. The minimum Gasteiger partial charge on any atom is -0.326 e. The molecule has 1 unspecified atom stereocenters. The van der Waals surface area contributed by atoms with Gasteiger partial charge in [0.2, 0.25) is 0 Å². The van der Waals surface area contributed by atoms with Crippen LogP contribution in [0.4, 0.5) is 0 Å². The predicted molar refractivity (Wildman–Crippen MR) is 78.9 cm³/mol. The summed E-state index contributed by atoms with van der Waals surface area (Å²) in [6.07, 6.45) is 0.928. The molecule has 96 valence electrons. The lowest BCUT2D eigenvalue weighted by Gasteiger charge is -2.12. The highest BCUT2D eigenvalue weighted by Crippen LogP contribution is 2.14. The Morgan fingerprint density at radius 2 is 2.00 bits per heavy atom. The van der Waals surface area contributed by atoms with Crippen LogP contribution in [0.25, 0.3) is 0 Å². The van der Waals surface area contributed by atoms with Crippen LogP contribution in [0.3, 0.4) is 0 Å². The lowest BCUT2D eigenvalue weighted by atomic mass is 10.1. The smallest absolute Gasteiger partial charge is 0.0303 e. The highest BCUT2D eigenvalue weighted by atomic mass is 32.1. The van der Waals surface area contributed by atoms with Crippen molar-refractivity contribution < 1.29 is 0 Å². The molecule has 0 aliphatic carbocycles. The Kier molecular flexibility index (Phi) is 4.93. The van der Waals surface area contributed by atoms with Crippen LogP contribution in [0.2, 0.25) is 0 Å². The fourth-order valence-electron chi connectivity index (χ4n) is 1.95. The molecule has 2 aromatic rings. The van der Waals surface area contributed by atoms with Crippen molar-refractivity contribution in [2.45, 2.75) is 25.9 Å². The number of nitrogens with two attached hydrogens (primary N) is 1. The largest absolute Gasteiger partial charge is 0.326 e. The summed E-state index contributed by atoms with van der Waals surface area (Å²) in [5.41, 5.74) is 8.79. The second kappa shape index (κ2) is 6.69. The Labute approximate surface area is 113 Å². The van der Waals surface area contributed by atoms with E-state index in [1.165, 1.54) is 16.0 Å². The van der Waals surface area contributed by atoms with Crippen molar-refractivity contribution in [3.63, 3.8) is 0 Å². The van der Waals surface area contributed by atoms with Crippen LogP contribution in [-0.2, 0) is 13.0 Å². The quantitative estimate of drug-likeness (QED) is 0.838. The number of aryl methyl sites for hydroxylation is 1. The summed E-state index contributed by atoms with van der Waals surface area (Å²) in [7, 11) is 0. The van der Waals surface area contributed by atoms with Gasteiger partial charge in [-0.1, -0.05) is 30.3 Å². The molecule has 1 aromatic heterocycles. The SMILES string of the molecule is Cc1ccsc1CNCC(N)Cc1ccccc1. The van der Waals surface area contributed by atoms with E-state index in [1.54, 1.807) is 11.3 Å². The Bertz CT molecular complexity index is 464. The summed E-state index contributed by atoms with van der Waals surface area (Å²) in [5, 5.41) is 5.57. The van der Waals surface area contributed by atoms with E-state index in [4.69, 9.17) is 5.73 Å². The summed E-state index contributed by atoms with van der Waals surface area (Å²) in [4.78, 5) is 1.40. The molecule has 0 radical (unpaired) electrons. The normalized spacial score (nSPS) is 12.6. The van der Waals surface area contributed by atoms with E-state index in [0.717, 1.165) is 19.5 Å². The first-order valence-electron chi connectivity index (χ1n) is 6.29. The number of hydrogen-bond donors (Lipinski definition) is 2. The van der Waals surface area contributed by atoms with Crippen LogP contribution >= 0.6 is 11.3 Å². The molecule has 2 nitrogen and oxygen atoms in total. The topological polar surface area (TPSA) is 38.0 Å². The predicted octanol–water partition coefficient (Wildman–Crippen LogP) is 2.72. The van der Waals surface area contributed by atoms with Gasteiger partial charge in [0.25, 0.3) is 0 Å². The molecule has 0 saturated heterocycles. The average molecular weight is 260 g/mol. The second-order valence-electron chi connectivity index (χ2n) is 4.61. The first-order valence-corrected chi connectivity index (χ1v) is 7.17. The molecule has 0 aliphatic rings. The van der Waals surface area contributed by atoms with Crippen molar-refractivity contribution in [1.29, 1.82) is 0 Å². The van der Waals surface area contributed by atoms with Gasteiger partial charge in [0, 0.05) is 24.0 Å². The lowest BCUT2D eigenvalue weighted by Crippen LogP contribution is -2.35. The Morgan fingerprint density at radius 1 is 1.22 bits per heavy atom. The number of rotatable bonds is 6. The van der Waals surface area contributed by atoms with E-state index in [-0.39, 0.29) is 6.04 Å². The molecule has 0 spiro atoms.